The summed E-state index contributed by atoms with van der Waals surface area (Å²) < 4.78 is 13.2. The first-order chi connectivity index (χ1) is 13.3. The molecule has 0 bridgehead atoms. The molecule has 0 aliphatic rings. The number of benzene rings is 2. The van der Waals surface area contributed by atoms with Gasteiger partial charge < -0.3 is 15.1 Å². The van der Waals surface area contributed by atoms with E-state index in [1.165, 1.54) is 24.3 Å². The zero-order chi connectivity index (χ0) is 20.7. The Morgan fingerprint density at radius 2 is 1.71 bits per heavy atom. The molecular weight excluding hydrogens is 357 g/mol. The second kappa shape index (κ2) is 9.88. The molecule has 0 atom stereocenters. The highest BCUT2D eigenvalue weighted by atomic mass is 19.1. The van der Waals surface area contributed by atoms with Crippen molar-refractivity contribution in [2.75, 3.05) is 30.9 Å². The van der Waals surface area contributed by atoms with Crippen LogP contribution < -0.4 is 10.2 Å². The summed E-state index contributed by atoms with van der Waals surface area (Å²) in [6.45, 7) is 4.78. The van der Waals surface area contributed by atoms with Gasteiger partial charge >= 0.3 is 0 Å². The van der Waals surface area contributed by atoms with Gasteiger partial charge in [0.1, 0.15) is 5.82 Å². The normalized spacial score (nSPS) is 10.5. The van der Waals surface area contributed by atoms with Gasteiger partial charge in [-0.25, -0.2) is 4.39 Å². The van der Waals surface area contributed by atoms with Crippen molar-refractivity contribution >= 4 is 23.2 Å². The van der Waals surface area contributed by atoms with Crippen LogP contribution >= 0.6 is 0 Å². The van der Waals surface area contributed by atoms with Gasteiger partial charge in [0, 0.05) is 50.5 Å². The maximum atomic E-state index is 13.2. The fourth-order valence-corrected chi connectivity index (χ4v) is 2.98. The maximum absolute atomic E-state index is 13.2. The first kappa shape index (κ1) is 21.4. The zero-order valence-electron chi connectivity index (χ0n) is 17.0. The van der Waals surface area contributed by atoms with Crippen LogP contribution in [-0.4, -0.2) is 37.4 Å². The van der Waals surface area contributed by atoms with E-state index in [2.05, 4.69) is 5.32 Å². The van der Waals surface area contributed by atoms with Crippen LogP contribution in [0.2, 0.25) is 0 Å². The summed E-state index contributed by atoms with van der Waals surface area (Å²) in [7, 11) is 3.88. The first-order valence-corrected chi connectivity index (χ1v) is 9.50. The van der Waals surface area contributed by atoms with Crippen LogP contribution in [0.3, 0.4) is 0 Å². The van der Waals surface area contributed by atoms with E-state index in [9.17, 15) is 14.0 Å². The third kappa shape index (κ3) is 5.55. The minimum Gasteiger partial charge on any atom is -0.377 e. The summed E-state index contributed by atoms with van der Waals surface area (Å²) in [4.78, 5) is 28.4. The molecule has 1 N–H and O–H groups in total. The van der Waals surface area contributed by atoms with Gasteiger partial charge in [0.2, 0.25) is 5.91 Å². The lowest BCUT2D eigenvalue weighted by Gasteiger charge is -2.26. The second-order valence-corrected chi connectivity index (χ2v) is 6.87. The van der Waals surface area contributed by atoms with Crippen LogP contribution in [0.15, 0.2) is 42.5 Å². The molecule has 0 aromatic heterocycles. The number of hydrogen-bond donors (Lipinski definition) is 1. The Bertz CT molecular complexity index is 819. The van der Waals surface area contributed by atoms with Gasteiger partial charge in [0.15, 0.2) is 0 Å². The monoisotopic (exact) mass is 385 g/mol. The summed E-state index contributed by atoms with van der Waals surface area (Å²) in [5.41, 5.74) is 3.07. The molecule has 0 saturated heterocycles. The van der Waals surface area contributed by atoms with E-state index in [1.54, 1.807) is 11.8 Å². The SMILES string of the molecule is CCCN(Cc1cc(NC(=O)CC)ccc1N(C)C)C(=O)c1ccc(F)cc1. The molecule has 5 nitrogen and oxygen atoms in total. The number of carbonyl (C=O) groups excluding carboxylic acids is 2. The van der Waals surface area contributed by atoms with Crippen LogP contribution in [0.1, 0.15) is 42.6 Å². The third-order valence-electron chi connectivity index (χ3n) is 4.40. The number of halogens is 1. The van der Waals surface area contributed by atoms with E-state index >= 15 is 0 Å². The van der Waals surface area contributed by atoms with Crippen molar-refractivity contribution < 1.29 is 14.0 Å². The molecule has 0 saturated carbocycles. The van der Waals surface area contributed by atoms with Crippen molar-refractivity contribution in [2.24, 2.45) is 0 Å². The number of anilines is 2. The average molecular weight is 385 g/mol. The van der Waals surface area contributed by atoms with E-state index in [-0.39, 0.29) is 17.6 Å². The molecule has 0 aliphatic carbocycles. The molecule has 0 spiro atoms. The minimum absolute atomic E-state index is 0.0589. The Morgan fingerprint density at radius 3 is 2.29 bits per heavy atom. The predicted molar refractivity (Wildman–Crippen MR) is 111 cm³/mol. The first-order valence-electron chi connectivity index (χ1n) is 9.50. The minimum atomic E-state index is -0.368. The Morgan fingerprint density at radius 1 is 1.04 bits per heavy atom. The van der Waals surface area contributed by atoms with Gasteiger partial charge in [0.05, 0.1) is 0 Å². The van der Waals surface area contributed by atoms with Gasteiger partial charge in [-0.3, -0.25) is 9.59 Å². The summed E-state index contributed by atoms with van der Waals surface area (Å²) in [5.74, 6) is -0.571. The molecule has 150 valence electrons. The lowest BCUT2D eigenvalue weighted by atomic mass is 10.1. The quantitative estimate of drug-likeness (QED) is 0.737. The average Bonchev–Trinajstić information content (AvgIpc) is 2.67. The third-order valence-corrected chi connectivity index (χ3v) is 4.40. The highest BCUT2D eigenvalue weighted by Crippen LogP contribution is 2.25. The van der Waals surface area contributed by atoms with Crippen molar-refractivity contribution in [2.45, 2.75) is 33.2 Å². The standard InChI is InChI=1S/C22H28FN3O2/c1-5-13-26(22(28)16-7-9-18(23)10-8-16)15-17-14-19(24-21(27)6-2)11-12-20(17)25(3)4/h7-12,14H,5-6,13,15H2,1-4H3,(H,24,27). The molecule has 0 radical (unpaired) electrons. The predicted octanol–water partition coefficient (Wildman–Crippen LogP) is 4.29. The fraction of sp³-hybridized carbons (Fsp3) is 0.364. The Kier molecular flexibility index (Phi) is 7.55. The van der Waals surface area contributed by atoms with Crippen molar-refractivity contribution in [1.29, 1.82) is 0 Å². The molecule has 0 aliphatic heterocycles. The summed E-state index contributed by atoms with van der Waals surface area (Å²) in [6.07, 6.45) is 1.20. The van der Waals surface area contributed by atoms with Crippen LogP contribution in [0.5, 0.6) is 0 Å². The summed E-state index contributed by atoms with van der Waals surface area (Å²) >= 11 is 0. The molecule has 2 rings (SSSR count). The fourth-order valence-electron chi connectivity index (χ4n) is 2.98. The molecule has 0 fully saturated rings. The van der Waals surface area contributed by atoms with Crippen LogP contribution in [0.4, 0.5) is 15.8 Å². The second-order valence-electron chi connectivity index (χ2n) is 6.87. The van der Waals surface area contributed by atoms with Gasteiger partial charge in [-0.05, 0) is 54.4 Å². The molecule has 0 heterocycles. The Labute approximate surface area is 166 Å². The summed E-state index contributed by atoms with van der Waals surface area (Å²) in [5, 5.41) is 2.87. The smallest absolute Gasteiger partial charge is 0.254 e. The number of amides is 2. The Hall–Kier alpha value is -2.89. The highest BCUT2D eigenvalue weighted by Gasteiger charge is 2.18. The van der Waals surface area contributed by atoms with Crippen molar-refractivity contribution in [1.82, 2.24) is 4.90 Å². The van der Waals surface area contributed by atoms with Crippen molar-refractivity contribution in [3.05, 3.63) is 59.4 Å². The van der Waals surface area contributed by atoms with E-state index in [4.69, 9.17) is 0 Å². The molecular formula is C22H28FN3O2. The Balaban J connectivity index is 2.33. The lowest BCUT2D eigenvalue weighted by molar-refractivity contribution is -0.115. The maximum Gasteiger partial charge on any atom is 0.254 e. The van der Waals surface area contributed by atoms with Gasteiger partial charge in [0.25, 0.3) is 5.91 Å². The molecule has 0 unspecified atom stereocenters. The van der Waals surface area contributed by atoms with Gasteiger partial charge in [-0.1, -0.05) is 13.8 Å². The van der Waals surface area contributed by atoms with Crippen LogP contribution in [-0.2, 0) is 11.3 Å². The topological polar surface area (TPSA) is 52.7 Å². The molecule has 28 heavy (non-hydrogen) atoms. The zero-order valence-corrected chi connectivity index (χ0v) is 17.0. The largest absolute Gasteiger partial charge is 0.377 e. The molecule has 6 heteroatoms. The van der Waals surface area contributed by atoms with E-state index in [1.807, 2.05) is 44.1 Å². The molecule has 2 aromatic rings. The number of nitrogens with one attached hydrogen (secondary N) is 1. The highest BCUT2D eigenvalue weighted by molar-refractivity contribution is 5.94. The van der Waals surface area contributed by atoms with Gasteiger partial charge in [-0.15, -0.1) is 0 Å². The van der Waals surface area contributed by atoms with E-state index in [0.29, 0.717) is 30.8 Å². The number of hydrogen-bond acceptors (Lipinski definition) is 3. The van der Waals surface area contributed by atoms with Crippen LogP contribution in [0, 0.1) is 5.82 Å². The number of rotatable bonds is 8. The van der Waals surface area contributed by atoms with Crippen molar-refractivity contribution in [3.8, 4) is 0 Å². The molecule has 2 aromatic carbocycles. The van der Waals surface area contributed by atoms with Crippen LogP contribution in [0.25, 0.3) is 0 Å². The van der Waals surface area contributed by atoms with Crippen molar-refractivity contribution in [3.63, 3.8) is 0 Å². The summed E-state index contributed by atoms with van der Waals surface area (Å²) in [6, 6.07) is 11.3. The van der Waals surface area contributed by atoms with E-state index < -0.39 is 0 Å². The van der Waals surface area contributed by atoms with E-state index in [0.717, 1.165) is 17.7 Å². The lowest BCUT2D eigenvalue weighted by Crippen LogP contribution is -2.32. The molecule has 2 amide bonds. The number of nitrogens with zero attached hydrogens (tertiary/aromatic N) is 2. The van der Waals surface area contributed by atoms with Gasteiger partial charge in [-0.2, -0.15) is 0 Å². The number of carbonyl (C=O) groups is 2.